The molecule has 0 spiro atoms. The number of carbonyl (C=O) groups excluding carboxylic acids is 3. The van der Waals surface area contributed by atoms with Crippen molar-refractivity contribution in [1.29, 1.82) is 0 Å². The maximum atomic E-state index is 12.9. The quantitative estimate of drug-likeness (QED) is 0.0261. The fourth-order valence-corrected chi connectivity index (χ4v) is 7.57. The average molecular weight is 984 g/mol. The van der Waals surface area contributed by atoms with Crippen molar-refractivity contribution in [2.45, 2.75) is 258 Å². The van der Waals surface area contributed by atoms with Crippen LogP contribution in [0.2, 0.25) is 0 Å². The van der Waals surface area contributed by atoms with Gasteiger partial charge in [-0.2, -0.15) is 0 Å². The Labute approximate surface area is 437 Å². The van der Waals surface area contributed by atoms with Crippen LogP contribution in [0.3, 0.4) is 0 Å². The highest BCUT2D eigenvalue weighted by Gasteiger charge is 2.19. The number of carbonyl (C=O) groups is 3. The molecule has 0 saturated heterocycles. The summed E-state index contributed by atoms with van der Waals surface area (Å²) < 4.78 is 16.8. The zero-order valence-electron chi connectivity index (χ0n) is 45.9. The Morgan fingerprint density at radius 2 is 0.563 bits per heavy atom. The smallest absolute Gasteiger partial charge is 0.306 e. The summed E-state index contributed by atoms with van der Waals surface area (Å²) in [6.45, 7) is 6.42. The van der Waals surface area contributed by atoms with Gasteiger partial charge in [0.2, 0.25) is 0 Å². The van der Waals surface area contributed by atoms with Gasteiger partial charge in [-0.1, -0.05) is 226 Å². The molecule has 1 atom stereocenters. The molecule has 0 fully saturated rings. The number of rotatable bonds is 51. The highest BCUT2D eigenvalue weighted by molar-refractivity contribution is 5.71. The molecule has 6 heteroatoms. The molecule has 0 N–H and O–H groups in total. The van der Waals surface area contributed by atoms with Crippen molar-refractivity contribution < 1.29 is 28.6 Å². The molecule has 0 aromatic rings. The fourth-order valence-electron chi connectivity index (χ4n) is 7.57. The van der Waals surface area contributed by atoms with Gasteiger partial charge in [0.1, 0.15) is 13.2 Å². The molecule has 0 saturated carbocycles. The molecule has 0 rings (SSSR count). The van der Waals surface area contributed by atoms with Crippen LogP contribution in [0.15, 0.2) is 122 Å². The van der Waals surface area contributed by atoms with Crippen molar-refractivity contribution in [3.8, 4) is 0 Å². The first-order chi connectivity index (χ1) is 35.0. The number of esters is 3. The van der Waals surface area contributed by atoms with Crippen LogP contribution in [-0.2, 0) is 28.6 Å². The molecule has 0 amide bonds. The summed E-state index contributed by atoms with van der Waals surface area (Å²) in [5.41, 5.74) is 0. The second-order valence-electron chi connectivity index (χ2n) is 18.8. The van der Waals surface area contributed by atoms with Crippen LogP contribution in [-0.4, -0.2) is 37.2 Å². The van der Waals surface area contributed by atoms with E-state index < -0.39 is 6.10 Å². The van der Waals surface area contributed by atoms with E-state index in [0.29, 0.717) is 19.3 Å². The number of ether oxygens (including phenoxy) is 3. The van der Waals surface area contributed by atoms with Gasteiger partial charge in [-0.05, 0) is 128 Å². The van der Waals surface area contributed by atoms with Crippen LogP contribution < -0.4 is 0 Å². The van der Waals surface area contributed by atoms with Gasteiger partial charge in [-0.15, -0.1) is 0 Å². The molecular formula is C65H106O6. The van der Waals surface area contributed by atoms with Crippen molar-refractivity contribution >= 4 is 17.9 Å². The second-order valence-corrected chi connectivity index (χ2v) is 18.8. The van der Waals surface area contributed by atoms with E-state index in [9.17, 15) is 14.4 Å². The van der Waals surface area contributed by atoms with E-state index in [4.69, 9.17) is 14.2 Å². The first-order valence-corrected chi connectivity index (χ1v) is 29.0. The Hall–Kier alpha value is -4.19. The Kier molecular flexibility index (Phi) is 54.9. The highest BCUT2D eigenvalue weighted by Crippen LogP contribution is 2.13. The van der Waals surface area contributed by atoms with Gasteiger partial charge in [-0.3, -0.25) is 14.4 Å². The predicted octanol–water partition coefficient (Wildman–Crippen LogP) is 19.6. The van der Waals surface area contributed by atoms with Crippen LogP contribution >= 0.6 is 0 Å². The molecule has 6 nitrogen and oxygen atoms in total. The van der Waals surface area contributed by atoms with E-state index in [1.807, 2.05) is 0 Å². The summed E-state index contributed by atoms with van der Waals surface area (Å²) in [4.78, 5) is 38.1. The summed E-state index contributed by atoms with van der Waals surface area (Å²) in [6, 6.07) is 0. The van der Waals surface area contributed by atoms with Crippen LogP contribution in [0.25, 0.3) is 0 Å². The molecular weight excluding hydrogens is 877 g/mol. The average Bonchev–Trinajstić information content (AvgIpc) is 3.37. The monoisotopic (exact) mass is 983 g/mol. The lowest BCUT2D eigenvalue weighted by Crippen LogP contribution is -2.30. The minimum atomic E-state index is -0.813. The van der Waals surface area contributed by atoms with E-state index in [2.05, 4.69) is 142 Å². The molecule has 0 heterocycles. The first kappa shape index (κ1) is 66.8. The molecule has 0 aliphatic heterocycles. The SMILES string of the molecule is CC/C=C\C/C=C\C/C=C\C/C=C\C/C=C\C/C=C\C/C=C\CCCC(=O)OCC(COC(=O)CCCCCCC/C=C\CCCCC)OC(=O)CCCCCCCCC/C=C\C/C=C\CCCCCC. The summed E-state index contributed by atoms with van der Waals surface area (Å²) in [5, 5.41) is 0. The summed E-state index contributed by atoms with van der Waals surface area (Å²) in [6.07, 6.45) is 80.5. The van der Waals surface area contributed by atoms with E-state index in [1.54, 1.807) is 0 Å². The number of allylic oxidation sites excluding steroid dienone is 20. The van der Waals surface area contributed by atoms with E-state index in [1.165, 1.54) is 89.9 Å². The minimum Gasteiger partial charge on any atom is -0.462 e. The molecule has 0 aliphatic carbocycles. The van der Waals surface area contributed by atoms with Crippen LogP contribution in [0.1, 0.15) is 252 Å². The Bertz CT molecular complexity index is 1500. The van der Waals surface area contributed by atoms with Gasteiger partial charge in [0.25, 0.3) is 0 Å². The zero-order valence-corrected chi connectivity index (χ0v) is 45.9. The Balaban J connectivity index is 4.49. The maximum absolute atomic E-state index is 12.9. The van der Waals surface area contributed by atoms with Crippen LogP contribution in [0, 0.1) is 0 Å². The third kappa shape index (κ3) is 56.6. The third-order valence-electron chi connectivity index (χ3n) is 11.9. The van der Waals surface area contributed by atoms with Crippen molar-refractivity contribution in [1.82, 2.24) is 0 Å². The highest BCUT2D eigenvalue weighted by atomic mass is 16.6. The fraction of sp³-hybridized carbons (Fsp3) is 0.646. The molecule has 71 heavy (non-hydrogen) atoms. The first-order valence-electron chi connectivity index (χ1n) is 29.0. The van der Waals surface area contributed by atoms with E-state index >= 15 is 0 Å². The van der Waals surface area contributed by atoms with Gasteiger partial charge in [0.15, 0.2) is 6.10 Å². The molecule has 0 radical (unpaired) electrons. The summed E-state index contributed by atoms with van der Waals surface area (Å²) >= 11 is 0. The standard InChI is InChI=1S/C65H106O6/c1-4-7-10-13-16-19-22-25-27-29-31-32-33-34-35-37-38-40-43-46-49-52-55-58-64(67)70-61-62(60-69-63(66)57-54-51-48-45-42-24-21-18-15-12-9-6-3)71-65(68)59-56-53-50-47-44-41-39-36-30-28-26-23-20-17-14-11-8-5-2/h7,10,16,18-21,23,25,27-28,30-32,34-35,38,40,46,49,62H,4-6,8-9,11-15,17,22,24,26,29,33,36-37,39,41-45,47-48,50-61H2,1-3H3/b10-7-,19-16-,21-18-,23-20-,27-25-,30-28-,32-31-,35-34-,40-38-,49-46-. The van der Waals surface area contributed by atoms with E-state index in [0.717, 1.165) is 116 Å². The molecule has 0 aromatic heterocycles. The lowest BCUT2D eigenvalue weighted by Gasteiger charge is -2.18. The third-order valence-corrected chi connectivity index (χ3v) is 11.9. The topological polar surface area (TPSA) is 78.9 Å². The number of unbranched alkanes of at least 4 members (excludes halogenated alkanes) is 20. The van der Waals surface area contributed by atoms with Crippen LogP contribution in [0.4, 0.5) is 0 Å². The number of hydrogen-bond donors (Lipinski definition) is 0. The molecule has 0 aliphatic rings. The van der Waals surface area contributed by atoms with Crippen molar-refractivity contribution in [3.05, 3.63) is 122 Å². The molecule has 0 aromatic carbocycles. The molecule has 0 bridgehead atoms. The van der Waals surface area contributed by atoms with E-state index in [-0.39, 0.29) is 37.5 Å². The van der Waals surface area contributed by atoms with Gasteiger partial charge in [0.05, 0.1) is 0 Å². The lowest BCUT2D eigenvalue weighted by molar-refractivity contribution is -0.167. The van der Waals surface area contributed by atoms with Crippen molar-refractivity contribution in [2.24, 2.45) is 0 Å². The molecule has 402 valence electrons. The maximum Gasteiger partial charge on any atom is 0.306 e. The van der Waals surface area contributed by atoms with Crippen LogP contribution in [0.5, 0.6) is 0 Å². The van der Waals surface area contributed by atoms with Gasteiger partial charge in [-0.25, -0.2) is 0 Å². The molecule has 1 unspecified atom stereocenters. The minimum absolute atomic E-state index is 0.106. The van der Waals surface area contributed by atoms with Gasteiger partial charge >= 0.3 is 17.9 Å². The lowest BCUT2D eigenvalue weighted by atomic mass is 10.1. The Morgan fingerprint density at radius 1 is 0.296 bits per heavy atom. The van der Waals surface area contributed by atoms with Crippen molar-refractivity contribution in [2.75, 3.05) is 13.2 Å². The normalized spacial score (nSPS) is 13.0. The summed E-state index contributed by atoms with van der Waals surface area (Å²) in [5.74, 6) is -0.987. The predicted molar refractivity (Wildman–Crippen MR) is 306 cm³/mol. The van der Waals surface area contributed by atoms with Crippen molar-refractivity contribution in [3.63, 3.8) is 0 Å². The largest absolute Gasteiger partial charge is 0.462 e. The zero-order chi connectivity index (χ0) is 51.4. The van der Waals surface area contributed by atoms with Gasteiger partial charge in [0, 0.05) is 19.3 Å². The Morgan fingerprint density at radius 3 is 0.958 bits per heavy atom. The second kappa shape index (κ2) is 58.4. The number of hydrogen-bond acceptors (Lipinski definition) is 6. The summed E-state index contributed by atoms with van der Waals surface area (Å²) in [7, 11) is 0. The van der Waals surface area contributed by atoms with Gasteiger partial charge < -0.3 is 14.2 Å².